The van der Waals surface area contributed by atoms with Gasteiger partial charge in [0.1, 0.15) is 0 Å². The molecule has 2 heterocycles. The molecule has 0 aromatic carbocycles. The van der Waals surface area contributed by atoms with Crippen molar-refractivity contribution in [2.45, 2.75) is 32.7 Å². The van der Waals surface area contributed by atoms with Crippen molar-refractivity contribution < 1.29 is 0 Å². The second kappa shape index (κ2) is 6.56. The molecule has 0 saturated heterocycles. The largest absolute Gasteiger partial charge is 0.309 e. The molecule has 0 aliphatic rings. The number of hydrogen-bond donors (Lipinski definition) is 1. The normalized spacial score (nSPS) is 12.6. The first kappa shape index (κ1) is 13.1. The Morgan fingerprint density at radius 2 is 2.22 bits per heavy atom. The van der Waals surface area contributed by atoms with Crippen LogP contribution in [0.15, 0.2) is 24.4 Å². The number of hydrogen-bond acceptors (Lipinski definition) is 5. The van der Waals surface area contributed by atoms with E-state index >= 15 is 0 Å². The van der Waals surface area contributed by atoms with Gasteiger partial charge in [0.05, 0.1) is 16.6 Å². The van der Waals surface area contributed by atoms with Crippen molar-refractivity contribution in [2.24, 2.45) is 0 Å². The molecule has 0 amide bonds. The number of pyridine rings is 1. The second-order valence-corrected chi connectivity index (χ2v) is 4.86. The molecule has 1 N–H and O–H groups in total. The highest BCUT2D eigenvalue weighted by molar-refractivity contribution is 7.05. The third-order valence-electron chi connectivity index (χ3n) is 2.83. The van der Waals surface area contributed by atoms with Gasteiger partial charge < -0.3 is 5.32 Å². The van der Waals surface area contributed by atoms with Gasteiger partial charge in [-0.05, 0) is 36.6 Å². The fraction of sp³-hybridized carbons (Fsp3) is 0.462. The summed E-state index contributed by atoms with van der Waals surface area (Å²) < 4.78 is 4.07. The highest BCUT2D eigenvalue weighted by Crippen LogP contribution is 2.23. The first-order valence-corrected chi connectivity index (χ1v) is 7.06. The van der Waals surface area contributed by atoms with Crippen LogP contribution in [0, 0.1) is 0 Å². The van der Waals surface area contributed by atoms with Gasteiger partial charge in [-0.3, -0.25) is 4.98 Å². The molecule has 96 valence electrons. The van der Waals surface area contributed by atoms with E-state index in [1.165, 1.54) is 16.4 Å². The first-order chi connectivity index (χ1) is 8.85. The lowest BCUT2D eigenvalue weighted by Crippen LogP contribution is -2.23. The van der Waals surface area contributed by atoms with Crippen LogP contribution < -0.4 is 5.32 Å². The topological polar surface area (TPSA) is 50.7 Å². The lowest BCUT2D eigenvalue weighted by molar-refractivity contribution is 0.547. The number of nitrogens with one attached hydrogen (secondary N) is 1. The Balaban J connectivity index is 2.18. The lowest BCUT2D eigenvalue weighted by atomic mass is 10.1. The van der Waals surface area contributed by atoms with Gasteiger partial charge in [-0.2, -0.15) is 0 Å². The van der Waals surface area contributed by atoms with Crippen LogP contribution in [0.25, 0.3) is 0 Å². The van der Waals surface area contributed by atoms with Crippen molar-refractivity contribution in [2.75, 3.05) is 6.54 Å². The van der Waals surface area contributed by atoms with Gasteiger partial charge in [-0.15, -0.1) is 5.10 Å². The molecular weight excluding hydrogens is 244 g/mol. The second-order valence-electron chi connectivity index (χ2n) is 4.07. The van der Waals surface area contributed by atoms with Crippen LogP contribution in [0.4, 0.5) is 0 Å². The van der Waals surface area contributed by atoms with Gasteiger partial charge in [-0.1, -0.05) is 24.4 Å². The minimum absolute atomic E-state index is 0.264. The van der Waals surface area contributed by atoms with Crippen molar-refractivity contribution in [3.05, 3.63) is 40.7 Å². The van der Waals surface area contributed by atoms with Crippen molar-refractivity contribution in [1.82, 2.24) is 19.9 Å². The summed E-state index contributed by atoms with van der Waals surface area (Å²) in [5.74, 6) is 0. The van der Waals surface area contributed by atoms with Gasteiger partial charge in [-0.25, -0.2) is 0 Å². The van der Waals surface area contributed by atoms with Crippen molar-refractivity contribution >= 4 is 11.5 Å². The van der Waals surface area contributed by atoms with Gasteiger partial charge in [0, 0.05) is 18.3 Å². The predicted octanol–water partition coefficient (Wildman–Crippen LogP) is 2.39. The molecule has 2 rings (SSSR count). The maximum absolute atomic E-state index is 4.39. The third-order valence-corrected chi connectivity index (χ3v) is 3.71. The molecule has 18 heavy (non-hydrogen) atoms. The van der Waals surface area contributed by atoms with Crippen LogP contribution in [0.1, 0.15) is 36.2 Å². The molecule has 5 heteroatoms. The van der Waals surface area contributed by atoms with E-state index in [-0.39, 0.29) is 6.04 Å². The van der Waals surface area contributed by atoms with E-state index in [1.54, 1.807) is 0 Å². The maximum atomic E-state index is 4.39. The predicted molar refractivity (Wildman–Crippen MR) is 73.6 cm³/mol. The standard InChI is InChI=1S/C13H18N4S/c1-3-11-13(18-17-16-11)12(14-4-2)9-10-7-5-6-8-15-10/h5-8,12,14H,3-4,9H2,1-2H3. The zero-order valence-corrected chi connectivity index (χ0v) is 11.6. The number of nitrogens with zero attached hydrogens (tertiary/aromatic N) is 3. The van der Waals surface area contributed by atoms with Crippen molar-refractivity contribution in [3.8, 4) is 0 Å². The van der Waals surface area contributed by atoms with Crippen LogP contribution in [-0.2, 0) is 12.8 Å². The SMILES string of the molecule is CCNC(Cc1ccccn1)c1snnc1CC. The molecule has 0 spiro atoms. The minimum Gasteiger partial charge on any atom is -0.309 e. The summed E-state index contributed by atoms with van der Waals surface area (Å²) in [6, 6.07) is 6.29. The monoisotopic (exact) mass is 262 g/mol. The van der Waals surface area contributed by atoms with Crippen LogP contribution >= 0.6 is 11.5 Å². The fourth-order valence-corrected chi connectivity index (χ4v) is 2.77. The van der Waals surface area contributed by atoms with E-state index in [1.807, 2.05) is 18.3 Å². The van der Waals surface area contributed by atoms with E-state index in [0.717, 1.165) is 30.8 Å². The quantitative estimate of drug-likeness (QED) is 0.868. The number of rotatable bonds is 6. The minimum atomic E-state index is 0.264. The average Bonchev–Trinajstić information content (AvgIpc) is 2.87. The summed E-state index contributed by atoms with van der Waals surface area (Å²) in [7, 11) is 0. The van der Waals surface area contributed by atoms with Gasteiger partial charge in [0.25, 0.3) is 0 Å². The van der Waals surface area contributed by atoms with Crippen LogP contribution in [0.3, 0.4) is 0 Å². The van der Waals surface area contributed by atoms with Gasteiger partial charge in [0.2, 0.25) is 0 Å². The van der Waals surface area contributed by atoms with E-state index in [0.29, 0.717) is 0 Å². The Kier molecular flexibility index (Phi) is 4.78. The molecule has 1 unspecified atom stereocenters. The summed E-state index contributed by atoms with van der Waals surface area (Å²) in [4.78, 5) is 5.63. The summed E-state index contributed by atoms with van der Waals surface area (Å²) in [5, 5.41) is 7.69. The molecule has 0 saturated carbocycles. The summed E-state index contributed by atoms with van der Waals surface area (Å²) in [6.45, 7) is 5.16. The Labute approximate surface area is 112 Å². The fourth-order valence-electron chi connectivity index (χ4n) is 1.96. The molecule has 2 aromatic rings. The maximum Gasteiger partial charge on any atom is 0.0801 e. The molecule has 0 radical (unpaired) electrons. The molecule has 1 atom stereocenters. The molecule has 0 aliphatic heterocycles. The summed E-state index contributed by atoms with van der Waals surface area (Å²) in [6.07, 6.45) is 3.64. The number of aromatic nitrogens is 3. The Bertz CT molecular complexity index is 469. The third kappa shape index (κ3) is 3.11. The Morgan fingerprint density at radius 1 is 1.33 bits per heavy atom. The molecule has 2 aromatic heterocycles. The lowest BCUT2D eigenvalue weighted by Gasteiger charge is -2.16. The van der Waals surface area contributed by atoms with Crippen LogP contribution in [-0.4, -0.2) is 21.1 Å². The zero-order valence-electron chi connectivity index (χ0n) is 10.8. The smallest absolute Gasteiger partial charge is 0.0801 e. The summed E-state index contributed by atoms with van der Waals surface area (Å²) >= 11 is 1.49. The van der Waals surface area contributed by atoms with E-state index < -0.39 is 0 Å². The first-order valence-electron chi connectivity index (χ1n) is 6.29. The van der Waals surface area contributed by atoms with Crippen LogP contribution in [0.2, 0.25) is 0 Å². The molecule has 4 nitrogen and oxygen atoms in total. The Morgan fingerprint density at radius 3 is 2.89 bits per heavy atom. The Hall–Kier alpha value is -1.33. The number of aryl methyl sites for hydroxylation is 1. The van der Waals surface area contributed by atoms with E-state index in [4.69, 9.17) is 0 Å². The molecule has 0 aliphatic carbocycles. The highest BCUT2D eigenvalue weighted by atomic mass is 32.1. The average molecular weight is 262 g/mol. The molecule has 0 fully saturated rings. The van der Waals surface area contributed by atoms with E-state index in [9.17, 15) is 0 Å². The van der Waals surface area contributed by atoms with Gasteiger partial charge in [0.15, 0.2) is 0 Å². The van der Waals surface area contributed by atoms with E-state index in [2.05, 4.69) is 39.8 Å². The van der Waals surface area contributed by atoms with Crippen LogP contribution in [0.5, 0.6) is 0 Å². The van der Waals surface area contributed by atoms with Crippen molar-refractivity contribution in [3.63, 3.8) is 0 Å². The highest BCUT2D eigenvalue weighted by Gasteiger charge is 2.18. The molecule has 0 bridgehead atoms. The van der Waals surface area contributed by atoms with Gasteiger partial charge >= 0.3 is 0 Å². The molecular formula is C13H18N4S. The zero-order chi connectivity index (χ0) is 12.8. The number of likely N-dealkylation sites (N-methyl/N-ethyl adjacent to an activating group) is 1. The summed E-state index contributed by atoms with van der Waals surface area (Å²) in [5.41, 5.74) is 2.20. The van der Waals surface area contributed by atoms with Crippen molar-refractivity contribution in [1.29, 1.82) is 0 Å².